The number of hydrogen-bond acceptors (Lipinski definition) is 9. The van der Waals surface area contributed by atoms with Crippen LogP contribution in [0.1, 0.15) is 69.9 Å². The van der Waals surface area contributed by atoms with Gasteiger partial charge in [0.15, 0.2) is 11.6 Å². The summed E-state index contributed by atoms with van der Waals surface area (Å²) in [5.41, 5.74) is 17.6. The van der Waals surface area contributed by atoms with Gasteiger partial charge in [0.1, 0.15) is 11.9 Å². The van der Waals surface area contributed by atoms with Crippen molar-refractivity contribution in [3.63, 3.8) is 0 Å². The molecule has 0 bridgehead atoms. The van der Waals surface area contributed by atoms with Crippen molar-refractivity contribution in [2.75, 3.05) is 0 Å². The van der Waals surface area contributed by atoms with Crippen molar-refractivity contribution in [2.24, 2.45) is 0 Å². The van der Waals surface area contributed by atoms with Crippen LogP contribution in [-0.2, 0) is 84.0 Å². The molecule has 0 aliphatic heterocycles. The molecule has 1 N–H and O–H groups in total. The first-order valence-corrected chi connectivity index (χ1v) is 38.7. The number of halogens is 5. The molecule has 9 heterocycles. The second-order valence-corrected chi connectivity index (χ2v) is 29.4. The van der Waals surface area contributed by atoms with Gasteiger partial charge in [-0.2, -0.15) is 18.3 Å². The van der Waals surface area contributed by atoms with Gasteiger partial charge in [-0.25, -0.2) is 18.4 Å². The van der Waals surface area contributed by atoms with Gasteiger partial charge < -0.3 is 29.2 Å². The number of nitrogens with zero attached hydrogens (tertiary/aromatic N) is 10. The summed E-state index contributed by atoms with van der Waals surface area (Å²) in [5, 5.41) is 18.4. The molecule has 0 fully saturated rings. The van der Waals surface area contributed by atoms with E-state index in [0.717, 1.165) is 73.8 Å². The smallest absolute Gasteiger partial charge is 0.512 e. The SMILES string of the molecule is CC(=O)C=C(C)O.CC(C)(c1cccc(-c2[c-]cc(F)nc2F)n1)c1cccc(-n2cc(C(F)(F)F)cn2)n1.CC(C)(c1cccc(-c2[c-]cccc2)n1)c1cccc(-c2[c-]cccc2)n1.[Ir].[Pt+2].[Pt].[c-]1ccccc1-c1ccc2ccccc2n1.c1cc(-c2cccc(-n3c4ccccc4c4ccccc43)c2)cc(-n2c3ccccc3c3ccccc32)c1. The fourth-order valence-electron chi connectivity index (χ4n) is 14.3. The van der Waals surface area contributed by atoms with Crippen LogP contribution in [0.3, 0.4) is 0 Å². The fraction of sp³-hybridized carbons (Fsp3) is 0.0874. The summed E-state index contributed by atoms with van der Waals surface area (Å²) in [5.74, 6) is -1.89. The van der Waals surface area contributed by atoms with Gasteiger partial charge in [0.25, 0.3) is 0 Å². The molecule has 0 aliphatic carbocycles. The average Bonchev–Trinajstić information content (AvgIpc) is 1.60. The number of para-hydroxylation sites is 5. The van der Waals surface area contributed by atoms with Crippen LogP contribution in [0.2, 0.25) is 0 Å². The molecule has 0 unspecified atom stereocenters. The molecule has 0 aliphatic rings. The predicted octanol–water partition coefficient (Wildman–Crippen LogP) is 25.2. The molecular formula is C103H77F5IrN10O2Pt2-2. The number of pyridine rings is 6. The zero-order chi connectivity index (χ0) is 83.5. The van der Waals surface area contributed by atoms with Gasteiger partial charge in [0, 0.05) is 114 Å². The second kappa shape index (κ2) is 39.7. The van der Waals surface area contributed by atoms with Crippen molar-refractivity contribution in [2.45, 2.75) is 58.5 Å². The summed E-state index contributed by atoms with van der Waals surface area (Å²) in [6, 6.07) is 124. The van der Waals surface area contributed by atoms with E-state index in [1.54, 1.807) is 30.3 Å². The third-order valence-corrected chi connectivity index (χ3v) is 20.4. The molecule has 9 aromatic heterocycles. The van der Waals surface area contributed by atoms with Crippen LogP contribution in [-0.4, -0.2) is 59.7 Å². The largest absolute Gasteiger partial charge is 2.00 e. The van der Waals surface area contributed by atoms with Crippen LogP contribution in [0.15, 0.2) is 358 Å². The number of aromatic nitrogens is 10. The Labute approximate surface area is 751 Å². The standard InChI is InChI=1S/C36H24N2.C25H20N2.C22H15F5N5.C15H10N.C5H8O2.Ir.2Pt/c1-5-19-33-29(15-1)30-16-2-6-20-34(30)37(33)27-13-9-11-25(23-27)26-12-10-14-28(24-26)38-35-21-7-3-17-31(35)32-18-4-8-22-36(32)38;1-25(2,23-17-9-15-21(26-23)19-11-5-3-6-12-19)24-18-10-16-22(27-24)20-13-7-4-8-14-20;1-21(2,16-6-3-5-15(29-16)14-9-10-18(23)31-20(14)24)17-7-4-8-19(30-17)32-12-13(11-28-32)22(25,26)27;1-2-6-12(7-3-1)15-11-10-13-8-4-5-9-14(13)16-15;1-4(6)3-5(2)7;;;/h1-24H;3-11,13,15-18H,1-2H3;3-8,10-12H,1-2H3;1-6,8-11H;3,6H,1-2H3;;;/q;-2;2*-1;;;;+2. The van der Waals surface area contributed by atoms with Crippen molar-refractivity contribution in [1.82, 2.24) is 48.8 Å². The maximum atomic E-state index is 14.1. The Balaban J connectivity index is 0.000000149. The summed E-state index contributed by atoms with van der Waals surface area (Å²) < 4.78 is 71.7. The van der Waals surface area contributed by atoms with Gasteiger partial charge in [-0.1, -0.05) is 181 Å². The van der Waals surface area contributed by atoms with Crippen molar-refractivity contribution in [3.8, 4) is 73.3 Å². The molecule has 617 valence electrons. The Bertz CT molecular complexity index is 6570. The number of allylic oxidation sites excluding steroid dienone is 2. The van der Waals surface area contributed by atoms with Crippen LogP contribution in [0.5, 0.6) is 0 Å². The molecule has 0 amide bonds. The number of hydrogen-bond donors (Lipinski definition) is 1. The number of carbonyl (C=O) groups excluding carboxylic acids is 1. The van der Waals surface area contributed by atoms with E-state index in [2.05, 4.69) is 254 Å². The van der Waals surface area contributed by atoms with Crippen LogP contribution < -0.4 is 0 Å². The Hall–Kier alpha value is -12.9. The molecular weight excluding hydrogens is 2090 g/mol. The predicted molar refractivity (Wildman–Crippen MR) is 467 cm³/mol. The van der Waals surface area contributed by atoms with Gasteiger partial charge in [-0.3, -0.25) is 14.8 Å². The number of benzene rings is 10. The molecule has 0 saturated heterocycles. The van der Waals surface area contributed by atoms with E-state index in [4.69, 9.17) is 15.1 Å². The first-order valence-electron chi connectivity index (χ1n) is 38.7. The molecule has 19 rings (SSSR count). The number of ketones is 1. The van der Waals surface area contributed by atoms with E-state index in [0.29, 0.717) is 11.4 Å². The molecule has 12 nitrogen and oxygen atoms in total. The zero-order valence-electron chi connectivity index (χ0n) is 67.2. The summed E-state index contributed by atoms with van der Waals surface area (Å²) in [7, 11) is 0. The topological polar surface area (TPSA) is 142 Å². The number of alkyl halides is 3. The minimum Gasteiger partial charge on any atom is -0.512 e. The van der Waals surface area contributed by atoms with Gasteiger partial charge >= 0.3 is 27.2 Å². The Morgan fingerprint density at radius 3 is 1.24 bits per heavy atom. The molecule has 19 aromatic rings. The number of aliphatic hydroxyl groups is 1. The average molecular weight is 2160 g/mol. The molecule has 20 heteroatoms. The van der Waals surface area contributed by atoms with Gasteiger partial charge in [0.2, 0.25) is 0 Å². The molecule has 0 atom stereocenters. The van der Waals surface area contributed by atoms with Gasteiger partial charge in [0.05, 0.1) is 50.8 Å². The van der Waals surface area contributed by atoms with E-state index < -0.39 is 29.1 Å². The van der Waals surface area contributed by atoms with E-state index >= 15 is 0 Å². The minimum atomic E-state index is -4.51. The first kappa shape index (κ1) is 89.3. The van der Waals surface area contributed by atoms with Crippen molar-refractivity contribution < 1.29 is 94.1 Å². The Morgan fingerprint density at radius 1 is 0.423 bits per heavy atom. The van der Waals surface area contributed by atoms with E-state index in [1.165, 1.54) is 97.5 Å². The molecule has 123 heavy (non-hydrogen) atoms. The molecule has 0 saturated carbocycles. The first-order chi connectivity index (χ1) is 58.1. The molecule has 1 radical (unpaired) electrons. The fourth-order valence-corrected chi connectivity index (χ4v) is 14.3. The van der Waals surface area contributed by atoms with Gasteiger partial charge in [-0.05, 0) is 166 Å². The zero-order valence-corrected chi connectivity index (χ0v) is 74.1. The normalized spacial score (nSPS) is 11.3. The summed E-state index contributed by atoms with van der Waals surface area (Å²) >= 11 is 0. The Morgan fingerprint density at radius 2 is 0.821 bits per heavy atom. The van der Waals surface area contributed by atoms with E-state index in [1.807, 2.05) is 123 Å². The van der Waals surface area contributed by atoms with Crippen molar-refractivity contribution in [1.29, 1.82) is 0 Å². The van der Waals surface area contributed by atoms with Crippen LogP contribution in [0, 0.1) is 36.2 Å². The van der Waals surface area contributed by atoms with Crippen LogP contribution in [0.25, 0.3) is 128 Å². The third kappa shape index (κ3) is 20.5. The minimum absolute atomic E-state index is 0. The monoisotopic (exact) mass is 2160 g/mol. The summed E-state index contributed by atoms with van der Waals surface area (Å²) in [6.07, 6.45) is -1.76. The number of rotatable bonds is 13. The Kier molecular flexibility index (Phi) is 28.8. The van der Waals surface area contributed by atoms with E-state index in [9.17, 15) is 26.7 Å². The van der Waals surface area contributed by atoms with Crippen LogP contribution >= 0.6 is 0 Å². The van der Waals surface area contributed by atoms with E-state index in [-0.39, 0.29) is 96.3 Å². The summed E-state index contributed by atoms with van der Waals surface area (Å²) in [6.45, 7) is 10.8. The maximum Gasteiger partial charge on any atom is 2.00 e. The van der Waals surface area contributed by atoms with Crippen LogP contribution in [0.4, 0.5) is 22.0 Å². The quantitative estimate of drug-likeness (QED) is 0.0392. The summed E-state index contributed by atoms with van der Waals surface area (Å²) in [4.78, 5) is 36.6. The third-order valence-electron chi connectivity index (χ3n) is 20.4. The van der Waals surface area contributed by atoms with Crippen molar-refractivity contribution >= 4 is 60.3 Å². The van der Waals surface area contributed by atoms with Crippen molar-refractivity contribution in [3.05, 3.63) is 422 Å². The number of aliphatic hydroxyl groups excluding tert-OH is 1. The molecule has 10 aromatic carbocycles. The number of carbonyl (C=O) groups is 1. The second-order valence-electron chi connectivity index (χ2n) is 29.4. The number of fused-ring (bicyclic) bond motifs is 7. The molecule has 0 spiro atoms. The van der Waals surface area contributed by atoms with Gasteiger partial charge in [-0.15, -0.1) is 114 Å². The maximum absolute atomic E-state index is 14.1.